The topological polar surface area (TPSA) is 47.1 Å². The summed E-state index contributed by atoms with van der Waals surface area (Å²) in [6, 6.07) is 1.33. The third-order valence-corrected chi connectivity index (χ3v) is 5.13. The lowest BCUT2D eigenvalue weighted by Gasteiger charge is -2.41. The number of aromatic nitrogens is 2. The molecule has 0 aliphatic heterocycles. The molecule has 0 bridgehead atoms. The number of hydrogen-bond donors (Lipinski definition) is 1. The fraction of sp³-hybridized carbons (Fsp3) is 0.824. The molecular weight excluding hydrogens is 260 g/mol. The molecule has 2 N–H and O–H groups in total. The van der Waals surface area contributed by atoms with E-state index in [-0.39, 0.29) is 6.04 Å². The van der Waals surface area contributed by atoms with Crippen molar-refractivity contribution in [2.24, 2.45) is 11.1 Å². The second-order valence-electron chi connectivity index (χ2n) is 7.66. The highest BCUT2D eigenvalue weighted by atomic mass is 15.3. The van der Waals surface area contributed by atoms with Crippen LogP contribution < -0.4 is 5.73 Å². The first-order chi connectivity index (χ1) is 9.84. The van der Waals surface area contributed by atoms with Crippen LogP contribution in [0.25, 0.3) is 0 Å². The highest BCUT2D eigenvalue weighted by Gasteiger charge is 2.31. The Kier molecular flexibility index (Phi) is 5.10. The lowest BCUT2D eigenvalue weighted by Crippen LogP contribution is -2.41. The lowest BCUT2D eigenvalue weighted by molar-refractivity contribution is 0.0966. The van der Waals surface area contributed by atoms with E-state index < -0.39 is 0 Å². The van der Waals surface area contributed by atoms with Crippen LogP contribution in [0.5, 0.6) is 0 Å². The van der Waals surface area contributed by atoms with Crippen LogP contribution in [-0.4, -0.2) is 34.3 Å². The van der Waals surface area contributed by atoms with Gasteiger partial charge in [0.25, 0.3) is 0 Å². The smallest absolute Gasteiger partial charge is 0.0538 e. The molecule has 0 spiro atoms. The van der Waals surface area contributed by atoms with Crippen molar-refractivity contribution in [3.63, 3.8) is 0 Å². The van der Waals surface area contributed by atoms with Crippen LogP contribution in [0.2, 0.25) is 0 Å². The standard InChI is InChI=1S/C17H32N4/c1-13(2)21-12-14(11-19-21)16(10-18)20(5)15-6-8-17(3,4)9-7-15/h11-13,15-16H,6-10,18H2,1-5H3. The van der Waals surface area contributed by atoms with Gasteiger partial charge in [-0.25, -0.2) is 0 Å². The highest BCUT2D eigenvalue weighted by molar-refractivity contribution is 5.12. The van der Waals surface area contributed by atoms with E-state index >= 15 is 0 Å². The molecule has 1 fully saturated rings. The largest absolute Gasteiger partial charge is 0.329 e. The Morgan fingerprint density at radius 2 is 2.00 bits per heavy atom. The fourth-order valence-electron chi connectivity index (χ4n) is 3.39. The molecular formula is C17H32N4. The quantitative estimate of drug-likeness (QED) is 0.905. The normalized spacial score (nSPS) is 21.1. The van der Waals surface area contributed by atoms with Gasteiger partial charge in [-0.3, -0.25) is 9.58 Å². The summed E-state index contributed by atoms with van der Waals surface area (Å²) in [4.78, 5) is 2.48. The van der Waals surface area contributed by atoms with Crippen LogP contribution in [0.1, 0.15) is 71.0 Å². The van der Waals surface area contributed by atoms with E-state index in [4.69, 9.17) is 5.73 Å². The van der Waals surface area contributed by atoms with Gasteiger partial charge < -0.3 is 5.73 Å². The second kappa shape index (κ2) is 6.49. The first kappa shape index (κ1) is 16.5. The molecule has 0 saturated heterocycles. The van der Waals surface area contributed by atoms with Crippen molar-refractivity contribution in [2.75, 3.05) is 13.6 Å². The summed E-state index contributed by atoms with van der Waals surface area (Å²) >= 11 is 0. The van der Waals surface area contributed by atoms with Gasteiger partial charge in [-0.1, -0.05) is 13.8 Å². The number of rotatable bonds is 5. The molecule has 2 rings (SSSR count). The van der Waals surface area contributed by atoms with Crippen molar-refractivity contribution < 1.29 is 0 Å². The van der Waals surface area contributed by atoms with Crippen molar-refractivity contribution in [1.29, 1.82) is 0 Å². The number of hydrogen-bond acceptors (Lipinski definition) is 3. The molecule has 4 nitrogen and oxygen atoms in total. The summed E-state index contributed by atoms with van der Waals surface area (Å²) < 4.78 is 2.02. The average Bonchev–Trinajstić information content (AvgIpc) is 2.89. The van der Waals surface area contributed by atoms with Gasteiger partial charge in [0.05, 0.1) is 12.2 Å². The molecule has 0 amide bonds. The molecule has 0 aromatic carbocycles. The zero-order chi connectivity index (χ0) is 15.6. The van der Waals surface area contributed by atoms with Crippen LogP contribution in [0, 0.1) is 5.41 Å². The molecule has 1 aromatic rings. The lowest BCUT2D eigenvalue weighted by atomic mass is 9.75. The maximum atomic E-state index is 6.07. The van der Waals surface area contributed by atoms with Crippen LogP contribution >= 0.6 is 0 Å². The number of nitrogens with two attached hydrogens (primary N) is 1. The SMILES string of the molecule is CC(C)n1cc(C(CN)N(C)C2CCC(C)(C)CC2)cn1. The molecule has 1 saturated carbocycles. The van der Waals surface area contributed by atoms with E-state index in [0.717, 1.165) is 0 Å². The maximum Gasteiger partial charge on any atom is 0.0538 e. The summed E-state index contributed by atoms with van der Waals surface area (Å²) in [6.07, 6.45) is 9.32. The highest BCUT2D eigenvalue weighted by Crippen LogP contribution is 2.38. The van der Waals surface area contributed by atoms with Crippen LogP contribution in [0.15, 0.2) is 12.4 Å². The predicted molar refractivity (Wildman–Crippen MR) is 88.2 cm³/mol. The van der Waals surface area contributed by atoms with Crippen LogP contribution in [-0.2, 0) is 0 Å². The van der Waals surface area contributed by atoms with Gasteiger partial charge in [0.1, 0.15) is 0 Å². The molecule has 1 aromatic heterocycles. The maximum absolute atomic E-state index is 6.07. The first-order valence-corrected chi connectivity index (χ1v) is 8.30. The molecule has 1 heterocycles. The Morgan fingerprint density at radius 1 is 1.38 bits per heavy atom. The summed E-state index contributed by atoms with van der Waals surface area (Å²) in [5.74, 6) is 0. The molecule has 4 heteroatoms. The van der Waals surface area contributed by atoms with E-state index in [0.29, 0.717) is 24.0 Å². The third-order valence-electron chi connectivity index (χ3n) is 5.13. The van der Waals surface area contributed by atoms with E-state index in [1.807, 2.05) is 10.9 Å². The Morgan fingerprint density at radius 3 is 2.48 bits per heavy atom. The molecule has 1 aliphatic rings. The van der Waals surface area contributed by atoms with Gasteiger partial charge >= 0.3 is 0 Å². The van der Waals surface area contributed by atoms with E-state index in [1.54, 1.807) is 0 Å². The van der Waals surface area contributed by atoms with Gasteiger partial charge in [-0.05, 0) is 52.0 Å². The van der Waals surface area contributed by atoms with Crippen molar-refractivity contribution in [3.05, 3.63) is 18.0 Å². The van der Waals surface area contributed by atoms with Crippen molar-refractivity contribution >= 4 is 0 Å². The molecule has 1 unspecified atom stereocenters. The Hall–Kier alpha value is -0.870. The predicted octanol–water partition coefficient (Wildman–Crippen LogP) is 3.36. The number of likely N-dealkylation sites (N-methyl/N-ethyl adjacent to an activating group) is 1. The fourth-order valence-corrected chi connectivity index (χ4v) is 3.39. The Balaban J connectivity index is 2.06. The van der Waals surface area contributed by atoms with Gasteiger partial charge in [0, 0.05) is 30.4 Å². The molecule has 1 atom stereocenters. The minimum Gasteiger partial charge on any atom is -0.329 e. The Bertz CT molecular complexity index is 439. The van der Waals surface area contributed by atoms with Crippen molar-refractivity contribution in [1.82, 2.24) is 14.7 Å². The van der Waals surface area contributed by atoms with Crippen molar-refractivity contribution in [2.45, 2.75) is 71.5 Å². The zero-order valence-corrected chi connectivity index (χ0v) is 14.3. The summed E-state index contributed by atoms with van der Waals surface area (Å²) in [5.41, 5.74) is 7.83. The summed E-state index contributed by atoms with van der Waals surface area (Å²) in [6.45, 7) is 9.73. The number of nitrogens with zero attached hydrogens (tertiary/aromatic N) is 3. The second-order valence-corrected chi connectivity index (χ2v) is 7.66. The zero-order valence-electron chi connectivity index (χ0n) is 14.3. The molecule has 1 aliphatic carbocycles. The first-order valence-electron chi connectivity index (χ1n) is 8.30. The van der Waals surface area contributed by atoms with Crippen LogP contribution in [0.4, 0.5) is 0 Å². The summed E-state index contributed by atoms with van der Waals surface area (Å²) in [7, 11) is 2.23. The minimum absolute atomic E-state index is 0.281. The minimum atomic E-state index is 0.281. The monoisotopic (exact) mass is 292 g/mol. The third kappa shape index (κ3) is 3.86. The van der Waals surface area contributed by atoms with Crippen molar-refractivity contribution in [3.8, 4) is 0 Å². The van der Waals surface area contributed by atoms with E-state index in [1.165, 1.54) is 31.2 Å². The Labute approximate surface area is 129 Å². The van der Waals surface area contributed by atoms with Gasteiger partial charge in [-0.15, -0.1) is 0 Å². The van der Waals surface area contributed by atoms with Gasteiger partial charge in [-0.2, -0.15) is 5.10 Å². The molecule has 21 heavy (non-hydrogen) atoms. The van der Waals surface area contributed by atoms with Crippen LogP contribution in [0.3, 0.4) is 0 Å². The molecule has 120 valence electrons. The molecule has 0 radical (unpaired) electrons. The van der Waals surface area contributed by atoms with E-state index in [2.05, 4.69) is 50.9 Å². The summed E-state index contributed by atoms with van der Waals surface area (Å²) in [5, 5.41) is 4.47. The van der Waals surface area contributed by atoms with E-state index in [9.17, 15) is 0 Å². The van der Waals surface area contributed by atoms with Gasteiger partial charge in [0.2, 0.25) is 0 Å². The van der Waals surface area contributed by atoms with Gasteiger partial charge in [0.15, 0.2) is 0 Å². The average molecular weight is 292 g/mol.